The lowest BCUT2D eigenvalue weighted by Crippen LogP contribution is -2.43. The number of carbonyl (C=O) groups is 3. The Kier molecular flexibility index (Phi) is 4.11. The van der Waals surface area contributed by atoms with Crippen molar-refractivity contribution in [2.75, 3.05) is 18.5 Å². The summed E-state index contributed by atoms with van der Waals surface area (Å²) in [5.41, 5.74) is 0.301. The fraction of sp³-hybridized carbons (Fsp3) is 0.235. The van der Waals surface area contributed by atoms with Crippen molar-refractivity contribution in [2.24, 2.45) is 0 Å². The van der Waals surface area contributed by atoms with Crippen molar-refractivity contribution >= 4 is 34.9 Å². The Morgan fingerprint density at radius 3 is 2.58 bits per heavy atom. The number of imide groups is 1. The molecule has 1 N–H and O–H groups in total. The van der Waals surface area contributed by atoms with Crippen LogP contribution in [0.2, 0.25) is 0 Å². The van der Waals surface area contributed by atoms with Gasteiger partial charge in [-0.05, 0) is 41.4 Å². The van der Waals surface area contributed by atoms with Gasteiger partial charge in [-0.25, -0.2) is 4.79 Å². The van der Waals surface area contributed by atoms with Crippen LogP contribution in [0.5, 0.6) is 0 Å². The molecule has 24 heavy (non-hydrogen) atoms. The van der Waals surface area contributed by atoms with E-state index in [1.807, 2.05) is 29.0 Å². The van der Waals surface area contributed by atoms with Crippen molar-refractivity contribution in [3.8, 4) is 0 Å². The SMILES string of the molecule is CN(C(=O)CN1C(=O)N[C@](C)(c2ccsc2)C1=O)c1ccccc1. The summed E-state index contributed by atoms with van der Waals surface area (Å²) in [4.78, 5) is 39.8. The summed E-state index contributed by atoms with van der Waals surface area (Å²) in [6, 6.07) is 10.3. The number of amides is 4. The maximum atomic E-state index is 12.7. The highest BCUT2D eigenvalue weighted by molar-refractivity contribution is 7.08. The van der Waals surface area contributed by atoms with Gasteiger partial charge in [0.15, 0.2) is 0 Å². The normalized spacial score (nSPS) is 20.2. The van der Waals surface area contributed by atoms with E-state index in [0.717, 1.165) is 10.5 Å². The van der Waals surface area contributed by atoms with Gasteiger partial charge in [0.2, 0.25) is 5.91 Å². The van der Waals surface area contributed by atoms with Crippen LogP contribution in [0.1, 0.15) is 12.5 Å². The first-order valence-corrected chi connectivity index (χ1v) is 8.36. The number of nitrogens with one attached hydrogen (secondary N) is 1. The van der Waals surface area contributed by atoms with E-state index >= 15 is 0 Å². The zero-order valence-corrected chi connectivity index (χ0v) is 14.2. The minimum Gasteiger partial charge on any atom is -0.319 e. The molecular weight excluding hydrogens is 326 g/mol. The van der Waals surface area contributed by atoms with Crippen molar-refractivity contribution in [2.45, 2.75) is 12.5 Å². The lowest BCUT2D eigenvalue weighted by atomic mass is 9.95. The largest absolute Gasteiger partial charge is 0.325 e. The number of urea groups is 1. The smallest absolute Gasteiger partial charge is 0.319 e. The van der Waals surface area contributed by atoms with Crippen LogP contribution in [-0.4, -0.2) is 36.3 Å². The second kappa shape index (κ2) is 6.09. The van der Waals surface area contributed by atoms with Crippen molar-refractivity contribution in [1.82, 2.24) is 10.2 Å². The third kappa shape index (κ3) is 2.67. The molecule has 1 aromatic carbocycles. The molecule has 0 aliphatic carbocycles. The number of hydrogen-bond acceptors (Lipinski definition) is 4. The predicted molar refractivity (Wildman–Crippen MR) is 91.8 cm³/mol. The molecule has 7 heteroatoms. The Balaban J connectivity index is 1.77. The van der Waals surface area contributed by atoms with Crippen LogP contribution in [0.25, 0.3) is 0 Å². The topological polar surface area (TPSA) is 69.7 Å². The molecule has 1 atom stereocenters. The molecule has 0 spiro atoms. The van der Waals surface area contributed by atoms with Crippen molar-refractivity contribution in [3.63, 3.8) is 0 Å². The molecule has 3 rings (SSSR count). The van der Waals surface area contributed by atoms with Gasteiger partial charge in [-0.3, -0.25) is 14.5 Å². The average Bonchev–Trinajstić information content (AvgIpc) is 3.19. The lowest BCUT2D eigenvalue weighted by molar-refractivity contribution is -0.134. The molecule has 6 nitrogen and oxygen atoms in total. The molecular formula is C17H17N3O3S. The Labute approximate surface area is 143 Å². The molecule has 0 saturated carbocycles. The van der Waals surface area contributed by atoms with Crippen LogP contribution >= 0.6 is 11.3 Å². The summed E-state index contributed by atoms with van der Waals surface area (Å²) >= 11 is 1.45. The summed E-state index contributed by atoms with van der Waals surface area (Å²) in [6.07, 6.45) is 0. The molecule has 2 heterocycles. The number of likely N-dealkylation sites (N-methyl/N-ethyl adjacent to an activating group) is 1. The summed E-state index contributed by atoms with van der Waals surface area (Å²) in [5, 5.41) is 6.35. The van der Waals surface area contributed by atoms with Crippen LogP contribution in [0.3, 0.4) is 0 Å². The summed E-state index contributed by atoms with van der Waals surface area (Å²) < 4.78 is 0. The fourth-order valence-electron chi connectivity index (χ4n) is 2.62. The van der Waals surface area contributed by atoms with E-state index in [1.54, 1.807) is 32.2 Å². The van der Waals surface area contributed by atoms with Crippen LogP contribution in [0, 0.1) is 0 Å². The predicted octanol–water partition coefficient (Wildman–Crippen LogP) is 2.18. The van der Waals surface area contributed by atoms with Gasteiger partial charge in [0, 0.05) is 12.7 Å². The van der Waals surface area contributed by atoms with E-state index in [4.69, 9.17) is 0 Å². The van der Waals surface area contributed by atoms with Gasteiger partial charge in [0.25, 0.3) is 5.91 Å². The maximum absolute atomic E-state index is 12.7. The Morgan fingerprint density at radius 2 is 1.96 bits per heavy atom. The highest BCUT2D eigenvalue weighted by Crippen LogP contribution is 2.30. The number of carbonyl (C=O) groups excluding carboxylic acids is 3. The van der Waals surface area contributed by atoms with Crippen LogP contribution in [0.4, 0.5) is 10.5 Å². The highest BCUT2D eigenvalue weighted by atomic mass is 32.1. The molecule has 0 radical (unpaired) electrons. The van der Waals surface area contributed by atoms with Crippen LogP contribution in [-0.2, 0) is 15.1 Å². The molecule has 2 aromatic rings. The number of rotatable bonds is 4. The molecule has 1 fully saturated rings. The van der Waals surface area contributed by atoms with Crippen molar-refractivity contribution < 1.29 is 14.4 Å². The van der Waals surface area contributed by atoms with Crippen LogP contribution in [0.15, 0.2) is 47.2 Å². The fourth-order valence-corrected chi connectivity index (χ4v) is 3.39. The highest BCUT2D eigenvalue weighted by Gasteiger charge is 2.49. The zero-order chi connectivity index (χ0) is 17.3. The third-order valence-electron chi connectivity index (χ3n) is 4.18. The van der Waals surface area contributed by atoms with E-state index in [0.29, 0.717) is 5.69 Å². The van der Waals surface area contributed by atoms with E-state index < -0.39 is 17.5 Å². The van der Waals surface area contributed by atoms with Gasteiger partial charge in [0.05, 0.1) is 0 Å². The first kappa shape index (κ1) is 16.2. The molecule has 1 aliphatic heterocycles. The van der Waals surface area contributed by atoms with Crippen LogP contribution < -0.4 is 10.2 Å². The molecule has 0 bridgehead atoms. The van der Waals surface area contributed by atoms with Gasteiger partial charge >= 0.3 is 6.03 Å². The maximum Gasteiger partial charge on any atom is 0.325 e. The van der Waals surface area contributed by atoms with Gasteiger partial charge in [-0.15, -0.1) is 0 Å². The molecule has 124 valence electrons. The van der Waals surface area contributed by atoms with E-state index in [2.05, 4.69) is 5.32 Å². The van der Waals surface area contributed by atoms with E-state index in [-0.39, 0.29) is 12.5 Å². The quantitative estimate of drug-likeness (QED) is 0.865. The second-order valence-corrected chi connectivity index (χ2v) is 6.53. The van der Waals surface area contributed by atoms with E-state index in [1.165, 1.54) is 16.2 Å². The summed E-state index contributed by atoms with van der Waals surface area (Å²) in [5.74, 6) is -0.750. The number of benzene rings is 1. The molecule has 4 amide bonds. The zero-order valence-electron chi connectivity index (χ0n) is 13.4. The molecule has 1 saturated heterocycles. The minimum absolute atomic E-state index is 0.296. The molecule has 1 aliphatic rings. The van der Waals surface area contributed by atoms with Crippen molar-refractivity contribution in [1.29, 1.82) is 0 Å². The standard InChI is InChI=1S/C17H17N3O3S/c1-17(12-8-9-24-11-12)15(22)20(16(23)18-17)10-14(21)19(2)13-6-4-3-5-7-13/h3-9,11H,10H2,1-2H3,(H,18,23)/t17-/m1/s1. The lowest BCUT2D eigenvalue weighted by Gasteiger charge is -2.22. The third-order valence-corrected chi connectivity index (χ3v) is 4.87. The first-order chi connectivity index (χ1) is 11.4. The average molecular weight is 343 g/mol. The van der Waals surface area contributed by atoms with Gasteiger partial charge in [-0.1, -0.05) is 18.2 Å². The number of hydrogen-bond donors (Lipinski definition) is 1. The van der Waals surface area contributed by atoms with Gasteiger partial charge in [-0.2, -0.15) is 11.3 Å². The molecule has 0 unspecified atom stereocenters. The monoisotopic (exact) mass is 343 g/mol. The number of nitrogens with zero attached hydrogens (tertiary/aromatic N) is 2. The Morgan fingerprint density at radius 1 is 1.25 bits per heavy atom. The van der Waals surface area contributed by atoms with Crippen molar-refractivity contribution in [3.05, 3.63) is 52.7 Å². The molecule has 1 aromatic heterocycles. The number of anilines is 1. The Bertz CT molecular complexity index is 776. The second-order valence-electron chi connectivity index (χ2n) is 5.75. The van der Waals surface area contributed by atoms with Gasteiger partial charge < -0.3 is 10.2 Å². The minimum atomic E-state index is -1.12. The van der Waals surface area contributed by atoms with E-state index in [9.17, 15) is 14.4 Å². The first-order valence-electron chi connectivity index (χ1n) is 7.42. The number of para-hydroxylation sites is 1. The number of thiophene rings is 1. The van der Waals surface area contributed by atoms with Gasteiger partial charge in [0.1, 0.15) is 12.1 Å². The Hall–Kier alpha value is -2.67. The summed E-state index contributed by atoms with van der Waals surface area (Å²) in [7, 11) is 1.62. The summed E-state index contributed by atoms with van der Waals surface area (Å²) in [6.45, 7) is 1.36.